The summed E-state index contributed by atoms with van der Waals surface area (Å²) >= 11 is 0. The van der Waals surface area contributed by atoms with Crippen LogP contribution in [0.15, 0.2) is 30.6 Å². The minimum atomic E-state index is 1.23. The van der Waals surface area contributed by atoms with Crippen LogP contribution in [-0.2, 0) is 0 Å². The van der Waals surface area contributed by atoms with E-state index in [-0.39, 0.29) is 0 Å². The Morgan fingerprint density at radius 2 is 2.08 bits per heavy atom. The highest BCUT2D eigenvalue weighted by molar-refractivity contribution is 6.39. The number of pyridine rings is 1. The Kier molecular flexibility index (Phi) is 1.61. The molecule has 0 fully saturated rings. The van der Waals surface area contributed by atoms with Crippen molar-refractivity contribution in [1.29, 1.82) is 0 Å². The molecule has 0 aliphatic rings. The van der Waals surface area contributed by atoms with Gasteiger partial charge in [-0.3, -0.25) is 4.98 Å². The van der Waals surface area contributed by atoms with Gasteiger partial charge in [-0.15, -0.1) is 0 Å². The number of hydrogen-bond acceptors (Lipinski definition) is 1. The molecular weight excluding hydrogens is 145 g/mol. The molecular formula is C10H10BN. The fourth-order valence-corrected chi connectivity index (χ4v) is 1.63. The first-order valence-corrected chi connectivity index (χ1v) is 4.09. The van der Waals surface area contributed by atoms with Crippen LogP contribution in [0, 0.1) is 6.92 Å². The minimum absolute atomic E-state index is 1.23. The zero-order chi connectivity index (χ0) is 8.55. The maximum absolute atomic E-state index is 4.15. The Balaban J connectivity index is 2.96. The van der Waals surface area contributed by atoms with Gasteiger partial charge >= 0.3 is 0 Å². The van der Waals surface area contributed by atoms with Gasteiger partial charge in [0.1, 0.15) is 7.85 Å². The lowest BCUT2D eigenvalue weighted by molar-refractivity contribution is 1.31. The first kappa shape index (κ1) is 7.35. The van der Waals surface area contributed by atoms with Crippen molar-refractivity contribution in [2.45, 2.75) is 6.92 Å². The third-order valence-electron chi connectivity index (χ3n) is 2.18. The molecule has 12 heavy (non-hydrogen) atoms. The lowest BCUT2D eigenvalue weighted by atomic mass is 9.89. The van der Waals surface area contributed by atoms with E-state index in [1.165, 1.54) is 21.8 Å². The number of benzene rings is 1. The third kappa shape index (κ3) is 1.000. The van der Waals surface area contributed by atoms with E-state index in [1.807, 2.05) is 12.4 Å². The summed E-state index contributed by atoms with van der Waals surface area (Å²) in [5, 5.41) is 2.57. The van der Waals surface area contributed by atoms with Crippen molar-refractivity contribution in [3.63, 3.8) is 0 Å². The van der Waals surface area contributed by atoms with Crippen LogP contribution in [0.5, 0.6) is 0 Å². The monoisotopic (exact) mass is 155 g/mol. The lowest BCUT2D eigenvalue weighted by Gasteiger charge is -2.03. The summed E-state index contributed by atoms with van der Waals surface area (Å²) in [7, 11) is 2.13. The molecule has 1 aromatic carbocycles. The molecule has 0 unspecified atom stereocenters. The Hall–Kier alpha value is -1.31. The van der Waals surface area contributed by atoms with Gasteiger partial charge in [0.05, 0.1) is 0 Å². The smallest absolute Gasteiger partial charge is 0.140 e. The van der Waals surface area contributed by atoms with E-state index in [1.54, 1.807) is 0 Å². The summed E-state index contributed by atoms with van der Waals surface area (Å²) in [5.41, 5.74) is 2.58. The molecule has 0 saturated carbocycles. The lowest BCUT2D eigenvalue weighted by Crippen LogP contribution is -2.04. The predicted molar refractivity (Wildman–Crippen MR) is 54.7 cm³/mol. The van der Waals surface area contributed by atoms with Gasteiger partial charge in [-0.05, 0) is 23.3 Å². The van der Waals surface area contributed by atoms with E-state index in [0.29, 0.717) is 0 Å². The van der Waals surface area contributed by atoms with Gasteiger partial charge in [-0.25, -0.2) is 0 Å². The number of fused-ring (bicyclic) bond motifs is 1. The molecule has 0 aliphatic heterocycles. The molecule has 0 atom stereocenters. The fourth-order valence-electron chi connectivity index (χ4n) is 1.63. The first-order valence-electron chi connectivity index (χ1n) is 4.09. The highest BCUT2D eigenvalue weighted by atomic mass is 14.6. The van der Waals surface area contributed by atoms with E-state index in [2.05, 4.69) is 38.0 Å². The third-order valence-corrected chi connectivity index (χ3v) is 2.18. The Morgan fingerprint density at radius 1 is 1.25 bits per heavy atom. The van der Waals surface area contributed by atoms with Crippen LogP contribution >= 0.6 is 0 Å². The molecule has 0 radical (unpaired) electrons. The van der Waals surface area contributed by atoms with Gasteiger partial charge in [0.25, 0.3) is 0 Å². The normalized spacial score (nSPS) is 10.4. The quantitative estimate of drug-likeness (QED) is 0.513. The van der Waals surface area contributed by atoms with Crippen molar-refractivity contribution in [3.05, 3.63) is 36.2 Å². The van der Waals surface area contributed by atoms with Crippen molar-refractivity contribution >= 4 is 24.1 Å². The largest absolute Gasteiger partial charge is 0.264 e. The number of aryl methyl sites for hydroxylation is 1. The van der Waals surface area contributed by atoms with Crippen LogP contribution in [0.2, 0.25) is 0 Å². The summed E-state index contributed by atoms with van der Waals surface area (Å²) in [6.07, 6.45) is 3.82. The molecule has 0 N–H and O–H groups in total. The van der Waals surface area contributed by atoms with Gasteiger partial charge < -0.3 is 0 Å². The van der Waals surface area contributed by atoms with Gasteiger partial charge in [0, 0.05) is 12.4 Å². The minimum Gasteiger partial charge on any atom is -0.264 e. The van der Waals surface area contributed by atoms with Crippen molar-refractivity contribution in [3.8, 4) is 0 Å². The van der Waals surface area contributed by atoms with E-state index in [9.17, 15) is 0 Å². The Bertz CT molecular complexity index is 386. The first-order chi connectivity index (χ1) is 5.79. The number of nitrogens with zero attached hydrogens (tertiary/aromatic N) is 1. The van der Waals surface area contributed by atoms with E-state index < -0.39 is 0 Å². The van der Waals surface area contributed by atoms with Gasteiger partial charge in [-0.2, -0.15) is 0 Å². The van der Waals surface area contributed by atoms with Crippen LogP contribution in [-0.4, -0.2) is 12.8 Å². The zero-order valence-electron chi connectivity index (χ0n) is 7.33. The molecule has 2 heteroatoms. The Morgan fingerprint density at radius 3 is 2.83 bits per heavy atom. The van der Waals surface area contributed by atoms with Gasteiger partial charge in [0.15, 0.2) is 0 Å². The molecule has 0 aliphatic carbocycles. The SMILES string of the molecule is Bc1cccc2cncc(C)c12. The molecule has 2 aromatic rings. The highest BCUT2D eigenvalue weighted by Gasteiger charge is 1.98. The molecule has 0 bridgehead atoms. The van der Waals surface area contributed by atoms with Crippen molar-refractivity contribution in [2.24, 2.45) is 0 Å². The second-order valence-electron chi connectivity index (χ2n) is 3.13. The Labute approximate surface area is 72.8 Å². The topological polar surface area (TPSA) is 12.9 Å². The van der Waals surface area contributed by atoms with Gasteiger partial charge in [-0.1, -0.05) is 23.7 Å². The summed E-state index contributed by atoms with van der Waals surface area (Å²) in [6.45, 7) is 2.10. The molecule has 1 heterocycles. The number of hydrogen-bond donors (Lipinski definition) is 0. The standard InChI is InChI=1S/C10H10BN/c1-7-5-12-6-8-3-2-4-9(11)10(7)8/h2-6H,11H2,1H3. The maximum atomic E-state index is 4.15. The summed E-state index contributed by atoms with van der Waals surface area (Å²) < 4.78 is 0. The van der Waals surface area contributed by atoms with Crippen molar-refractivity contribution in [1.82, 2.24) is 4.98 Å². The molecule has 1 nitrogen and oxygen atoms in total. The molecule has 58 valence electrons. The second-order valence-corrected chi connectivity index (χ2v) is 3.13. The highest BCUT2D eigenvalue weighted by Crippen LogP contribution is 2.12. The second kappa shape index (κ2) is 2.63. The van der Waals surface area contributed by atoms with Crippen molar-refractivity contribution < 1.29 is 0 Å². The molecule has 0 saturated heterocycles. The zero-order valence-corrected chi connectivity index (χ0v) is 7.33. The van der Waals surface area contributed by atoms with Crippen LogP contribution in [0.1, 0.15) is 5.56 Å². The summed E-state index contributed by atoms with van der Waals surface area (Å²) in [5.74, 6) is 0. The predicted octanol–water partition coefficient (Wildman–Crippen LogP) is 0.802. The maximum Gasteiger partial charge on any atom is 0.140 e. The average molecular weight is 155 g/mol. The fraction of sp³-hybridized carbons (Fsp3) is 0.100. The van der Waals surface area contributed by atoms with E-state index in [4.69, 9.17) is 0 Å². The molecule has 0 amide bonds. The molecule has 2 rings (SSSR count). The van der Waals surface area contributed by atoms with Gasteiger partial charge in [0.2, 0.25) is 0 Å². The summed E-state index contributed by atoms with van der Waals surface area (Å²) in [6, 6.07) is 6.30. The average Bonchev–Trinajstić information content (AvgIpc) is 2.04. The van der Waals surface area contributed by atoms with Crippen LogP contribution in [0.25, 0.3) is 10.8 Å². The van der Waals surface area contributed by atoms with Crippen LogP contribution in [0.3, 0.4) is 0 Å². The van der Waals surface area contributed by atoms with E-state index in [0.717, 1.165) is 0 Å². The van der Waals surface area contributed by atoms with E-state index >= 15 is 0 Å². The molecule has 1 aromatic heterocycles. The van der Waals surface area contributed by atoms with Crippen molar-refractivity contribution in [2.75, 3.05) is 0 Å². The van der Waals surface area contributed by atoms with Crippen LogP contribution < -0.4 is 5.46 Å². The molecule has 0 spiro atoms. The summed E-state index contributed by atoms with van der Waals surface area (Å²) in [4.78, 5) is 4.15. The van der Waals surface area contributed by atoms with Crippen LogP contribution in [0.4, 0.5) is 0 Å². The number of aromatic nitrogens is 1. The number of rotatable bonds is 0.